The molecule has 1 aliphatic heterocycles. The van der Waals surface area contributed by atoms with Crippen molar-refractivity contribution in [1.29, 1.82) is 0 Å². The average Bonchev–Trinajstić information content (AvgIpc) is 3.15. The van der Waals surface area contributed by atoms with E-state index < -0.39 is 11.7 Å². The van der Waals surface area contributed by atoms with Crippen LogP contribution in [0, 0.1) is 13.8 Å². The largest absolute Gasteiger partial charge is 0.418 e. The second kappa shape index (κ2) is 8.09. The van der Waals surface area contributed by atoms with Crippen LogP contribution in [0.15, 0.2) is 54.6 Å². The molecule has 31 heavy (non-hydrogen) atoms. The lowest BCUT2D eigenvalue weighted by Gasteiger charge is -2.37. The number of para-hydroxylation sites is 1. The molecule has 162 valence electrons. The van der Waals surface area contributed by atoms with Crippen LogP contribution in [-0.2, 0) is 6.18 Å². The van der Waals surface area contributed by atoms with Crippen molar-refractivity contribution >= 4 is 11.6 Å². The average molecular weight is 428 g/mol. The van der Waals surface area contributed by atoms with E-state index >= 15 is 0 Å². The van der Waals surface area contributed by atoms with Gasteiger partial charge >= 0.3 is 6.18 Å². The van der Waals surface area contributed by atoms with Crippen LogP contribution in [0.4, 0.5) is 18.9 Å². The summed E-state index contributed by atoms with van der Waals surface area (Å²) in [6.45, 7) is 5.15. The van der Waals surface area contributed by atoms with Crippen molar-refractivity contribution in [2.75, 3.05) is 31.1 Å². The number of benzene rings is 2. The Labute approximate surface area is 178 Å². The summed E-state index contributed by atoms with van der Waals surface area (Å²) in [7, 11) is 0. The number of alkyl halides is 3. The fourth-order valence-electron chi connectivity index (χ4n) is 3.84. The second-order valence-corrected chi connectivity index (χ2v) is 7.71. The number of piperazine rings is 1. The lowest BCUT2D eigenvalue weighted by Crippen LogP contribution is -2.49. The summed E-state index contributed by atoms with van der Waals surface area (Å²) in [6.07, 6.45) is -4.42. The predicted molar refractivity (Wildman–Crippen MR) is 113 cm³/mol. The van der Waals surface area contributed by atoms with Crippen LogP contribution in [0.25, 0.3) is 5.69 Å². The Kier molecular flexibility index (Phi) is 5.47. The first-order valence-corrected chi connectivity index (χ1v) is 10.1. The van der Waals surface area contributed by atoms with Gasteiger partial charge in [-0.2, -0.15) is 18.3 Å². The molecule has 1 aliphatic rings. The van der Waals surface area contributed by atoms with Crippen molar-refractivity contribution in [2.45, 2.75) is 20.0 Å². The fourth-order valence-corrected chi connectivity index (χ4v) is 3.84. The van der Waals surface area contributed by atoms with E-state index in [-0.39, 0.29) is 11.6 Å². The molecule has 0 saturated carbocycles. The number of rotatable bonds is 3. The second-order valence-electron chi connectivity index (χ2n) is 7.71. The van der Waals surface area contributed by atoms with Crippen LogP contribution in [0.2, 0.25) is 0 Å². The van der Waals surface area contributed by atoms with E-state index in [1.807, 2.05) is 38.1 Å². The smallest absolute Gasteiger partial charge is 0.367 e. The number of aryl methyl sites for hydroxylation is 2. The highest BCUT2D eigenvalue weighted by Crippen LogP contribution is 2.36. The lowest BCUT2D eigenvalue weighted by molar-refractivity contribution is -0.137. The van der Waals surface area contributed by atoms with Gasteiger partial charge in [-0.1, -0.05) is 29.8 Å². The molecule has 1 fully saturated rings. The molecule has 0 radical (unpaired) electrons. The number of hydrogen-bond acceptors (Lipinski definition) is 3. The van der Waals surface area contributed by atoms with E-state index in [2.05, 4.69) is 5.10 Å². The highest BCUT2D eigenvalue weighted by atomic mass is 19.4. The van der Waals surface area contributed by atoms with Crippen LogP contribution >= 0.6 is 0 Å². The number of anilines is 1. The number of hydrogen-bond donors (Lipinski definition) is 0. The van der Waals surface area contributed by atoms with Gasteiger partial charge in [0.1, 0.15) is 5.69 Å². The molecule has 0 N–H and O–H groups in total. The standard InChI is InChI=1S/C23H23F3N4O/c1-16-7-9-18(10-8-16)30-21(15-17(2)27-30)22(31)29-13-11-28(12-14-29)20-6-4-3-5-19(20)23(24,25)26/h3-10,15H,11-14H2,1-2H3. The maximum atomic E-state index is 13.4. The zero-order valence-electron chi connectivity index (χ0n) is 17.4. The molecule has 1 saturated heterocycles. The van der Waals surface area contributed by atoms with Crippen LogP contribution in [0.3, 0.4) is 0 Å². The number of carbonyl (C=O) groups excluding carboxylic acids is 1. The zero-order chi connectivity index (χ0) is 22.2. The summed E-state index contributed by atoms with van der Waals surface area (Å²) in [6, 6.07) is 15.0. The first-order valence-electron chi connectivity index (χ1n) is 10.1. The van der Waals surface area contributed by atoms with Crippen molar-refractivity contribution in [1.82, 2.24) is 14.7 Å². The summed E-state index contributed by atoms with van der Waals surface area (Å²) in [5.41, 5.74) is 2.58. The number of halogens is 3. The van der Waals surface area contributed by atoms with E-state index in [0.29, 0.717) is 31.9 Å². The normalized spacial score (nSPS) is 14.7. The quantitative estimate of drug-likeness (QED) is 0.618. The van der Waals surface area contributed by atoms with Crippen LogP contribution in [0.1, 0.15) is 27.3 Å². The highest BCUT2D eigenvalue weighted by molar-refractivity contribution is 5.93. The van der Waals surface area contributed by atoms with Crippen molar-refractivity contribution in [3.8, 4) is 5.69 Å². The van der Waals surface area contributed by atoms with E-state index in [1.54, 1.807) is 26.6 Å². The molecule has 0 spiro atoms. The van der Waals surface area contributed by atoms with Crippen molar-refractivity contribution in [3.63, 3.8) is 0 Å². The summed E-state index contributed by atoms with van der Waals surface area (Å²) in [5.74, 6) is -0.176. The first kappa shape index (κ1) is 21.0. The predicted octanol–water partition coefficient (Wildman–Crippen LogP) is 4.47. The minimum absolute atomic E-state index is 0.155. The first-order chi connectivity index (χ1) is 14.7. The zero-order valence-corrected chi connectivity index (χ0v) is 17.4. The van der Waals surface area contributed by atoms with Gasteiger partial charge < -0.3 is 9.80 Å². The maximum absolute atomic E-state index is 13.4. The lowest BCUT2D eigenvalue weighted by atomic mass is 10.1. The molecule has 0 bridgehead atoms. The van der Waals surface area contributed by atoms with Gasteiger partial charge in [0, 0.05) is 31.9 Å². The van der Waals surface area contributed by atoms with Gasteiger partial charge in [0.15, 0.2) is 0 Å². The number of amides is 1. The summed E-state index contributed by atoms with van der Waals surface area (Å²) in [4.78, 5) is 16.6. The number of aromatic nitrogens is 2. The molecule has 0 unspecified atom stereocenters. The molecule has 0 atom stereocenters. The fraction of sp³-hybridized carbons (Fsp3) is 0.304. The van der Waals surface area contributed by atoms with Gasteiger partial charge in [-0.15, -0.1) is 0 Å². The third kappa shape index (κ3) is 4.28. The Morgan fingerprint density at radius 3 is 2.23 bits per heavy atom. The molecule has 1 amide bonds. The minimum atomic E-state index is -4.42. The molecule has 0 aliphatic carbocycles. The molecular formula is C23H23F3N4O. The summed E-state index contributed by atoms with van der Waals surface area (Å²) in [5, 5.41) is 4.46. The third-order valence-electron chi connectivity index (χ3n) is 5.45. The summed E-state index contributed by atoms with van der Waals surface area (Å²) < 4.78 is 41.7. The van der Waals surface area contributed by atoms with E-state index in [1.165, 1.54) is 12.1 Å². The van der Waals surface area contributed by atoms with Gasteiger partial charge in [0.25, 0.3) is 5.91 Å². The molecule has 1 aromatic heterocycles. The third-order valence-corrected chi connectivity index (χ3v) is 5.45. The van der Waals surface area contributed by atoms with E-state index in [9.17, 15) is 18.0 Å². The molecule has 4 rings (SSSR count). The van der Waals surface area contributed by atoms with Crippen molar-refractivity contribution < 1.29 is 18.0 Å². The Bertz CT molecular complexity index is 1080. The van der Waals surface area contributed by atoms with Gasteiger partial charge in [0.2, 0.25) is 0 Å². The Morgan fingerprint density at radius 1 is 0.935 bits per heavy atom. The van der Waals surface area contributed by atoms with E-state index in [4.69, 9.17) is 0 Å². The number of carbonyl (C=O) groups is 1. The van der Waals surface area contributed by atoms with Gasteiger partial charge in [-0.3, -0.25) is 4.79 Å². The number of nitrogens with zero attached hydrogens (tertiary/aromatic N) is 4. The Balaban J connectivity index is 1.52. The van der Waals surface area contributed by atoms with Crippen LogP contribution in [0.5, 0.6) is 0 Å². The van der Waals surface area contributed by atoms with Gasteiger partial charge in [-0.05, 0) is 44.2 Å². The van der Waals surface area contributed by atoms with E-state index in [0.717, 1.165) is 23.0 Å². The molecule has 2 aromatic carbocycles. The molecule has 5 nitrogen and oxygen atoms in total. The Hall–Kier alpha value is -3.29. The van der Waals surface area contributed by atoms with Gasteiger partial charge in [0.05, 0.1) is 16.9 Å². The Morgan fingerprint density at radius 2 is 1.58 bits per heavy atom. The maximum Gasteiger partial charge on any atom is 0.418 e. The SMILES string of the molecule is Cc1ccc(-n2nc(C)cc2C(=O)N2CCN(c3ccccc3C(F)(F)F)CC2)cc1. The van der Waals surface area contributed by atoms with Gasteiger partial charge in [-0.25, -0.2) is 4.68 Å². The van der Waals surface area contributed by atoms with Crippen molar-refractivity contribution in [2.24, 2.45) is 0 Å². The monoisotopic (exact) mass is 428 g/mol. The van der Waals surface area contributed by atoms with Crippen LogP contribution < -0.4 is 4.90 Å². The molecule has 3 aromatic rings. The molecule has 8 heteroatoms. The summed E-state index contributed by atoms with van der Waals surface area (Å²) >= 11 is 0. The topological polar surface area (TPSA) is 41.4 Å². The molecule has 2 heterocycles. The highest BCUT2D eigenvalue weighted by Gasteiger charge is 2.35. The van der Waals surface area contributed by atoms with Crippen molar-refractivity contribution in [3.05, 3.63) is 77.1 Å². The van der Waals surface area contributed by atoms with Crippen LogP contribution in [-0.4, -0.2) is 46.8 Å². The molecular weight excluding hydrogens is 405 g/mol. The minimum Gasteiger partial charge on any atom is -0.367 e.